The summed E-state index contributed by atoms with van der Waals surface area (Å²) in [5.41, 5.74) is 0.0788. The maximum Gasteiger partial charge on any atom is 0.416 e. The highest BCUT2D eigenvalue weighted by Gasteiger charge is 2.34. The van der Waals surface area contributed by atoms with E-state index >= 15 is 0 Å². The van der Waals surface area contributed by atoms with E-state index in [0.717, 1.165) is 37.6 Å². The summed E-state index contributed by atoms with van der Waals surface area (Å²) in [4.78, 5) is 18.9. The van der Waals surface area contributed by atoms with Gasteiger partial charge in [0.05, 0.1) is 5.56 Å². The van der Waals surface area contributed by atoms with Crippen LogP contribution in [-0.4, -0.2) is 28.9 Å². The van der Waals surface area contributed by atoms with Gasteiger partial charge in [0.15, 0.2) is 0 Å². The van der Waals surface area contributed by atoms with Gasteiger partial charge < -0.3 is 5.32 Å². The first-order chi connectivity index (χ1) is 12.5. The zero-order valence-corrected chi connectivity index (χ0v) is 14.2. The molecule has 0 unspecified atom stereocenters. The molecule has 0 aliphatic carbocycles. The molecule has 1 aliphatic rings. The van der Waals surface area contributed by atoms with Gasteiger partial charge in [0.1, 0.15) is 6.04 Å². The summed E-state index contributed by atoms with van der Waals surface area (Å²) < 4.78 is 39.3. The van der Waals surface area contributed by atoms with E-state index in [9.17, 15) is 18.0 Å². The van der Waals surface area contributed by atoms with Crippen molar-refractivity contribution >= 4 is 5.91 Å². The fourth-order valence-corrected chi connectivity index (χ4v) is 3.30. The lowest BCUT2D eigenvalue weighted by Crippen LogP contribution is -2.39. The first-order valence-corrected chi connectivity index (χ1v) is 8.53. The van der Waals surface area contributed by atoms with Gasteiger partial charge in [-0.05, 0) is 49.2 Å². The minimum Gasteiger partial charge on any atom is -0.350 e. The molecule has 0 spiro atoms. The number of benzene rings is 1. The molecule has 1 amide bonds. The predicted molar refractivity (Wildman–Crippen MR) is 91.1 cm³/mol. The Balaban J connectivity index is 1.77. The quantitative estimate of drug-likeness (QED) is 0.884. The third-order valence-corrected chi connectivity index (χ3v) is 4.53. The van der Waals surface area contributed by atoms with Gasteiger partial charge in [0.2, 0.25) is 5.91 Å². The van der Waals surface area contributed by atoms with Crippen molar-refractivity contribution in [2.75, 3.05) is 13.1 Å². The number of pyridine rings is 1. The highest BCUT2D eigenvalue weighted by atomic mass is 19.4. The standard InChI is InChI=1S/C19H20F3N3O/c20-19(21,22)16-8-2-1-6-14(16)13-24-18(26)17(25-10-3-4-11-25)15-7-5-9-23-12-15/h1-2,5-9,12,17H,3-4,10-11,13H2,(H,24,26)/t17-/m0/s1. The van der Waals surface area contributed by atoms with Crippen LogP contribution in [0.5, 0.6) is 0 Å². The zero-order valence-electron chi connectivity index (χ0n) is 14.2. The lowest BCUT2D eigenvalue weighted by atomic mass is 10.1. The lowest BCUT2D eigenvalue weighted by Gasteiger charge is -2.27. The number of carbonyl (C=O) groups excluding carboxylic acids is 1. The molecule has 1 atom stereocenters. The summed E-state index contributed by atoms with van der Waals surface area (Å²) in [6.45, 7) is 1.40. The predicted octanol–water partition coefficient (Wildman–Crippen LogP) is 3.55. The summed E-state index contributed by atoms with van der Waals surface area (Å²) in [7, 11) is 0. The van der Waals surface area contributed by atoms with Crippen LogP contribution in [0.15, 0.2) is 48.8 Å². The summed E-state index contributed by atoms with van der Waals surface area (Å²) in [5, 5.41) is 2.68. The number of hydrogen-bond donors (Lipinski definition) is 1. The molecule has 138 valence electrons. The number of alkyl halides is 3. The second-order valence-corrected chi connectivity index (χ2v) is 6.30. The maximum absolute atomic E-state index is 13.1. The smallest absolute Gasteiger partial charge is 0.350 e. The Morgan fingerprint density at radius 3 is 2.54 bits per heavy atom. The van der Waals surface area contributed by atoms with E-state index < -0.39 is 17.8 Å². The normalized spacial score (nSPS) is 16.4. The Morgan fingerprint density at radius 1 is 1.15 bits per heavy atom. The van der Waals surface area contributed by atoms with E-state index in [-0.39, 0.29) is 18.0 Å². The second kappa shape index (κ2) is 7.86. The van der Waals surface area contributed by atoms with E-state index in [0.29, 0.717) is 0 Å². The number of aromatic nitrogens is 1. The van der Waals surface area contributed by atoms with Crippen molar-refractivity contribution in [3.05, 3.63) is 65.5 Å². The van der Waals surface area contributed by atoms with Crippen molar-refractivity contribution in [1.82, 2.24) is 15.2 Å². The minimum absolute atomic E-state index is 0.0553. The molecule has 4 nitrogen and oxygen atoms in total. The number of rotatable bonds is 5. The van der Waals surface area contributed by atoms with Crippen LogP contribution >= 0.6 is 0 Å². The molecule has 7 heteroatoms. The van der Waals surface area contributed by atoms with Crippen molar-refractivity contribution < 1.29 is 18.0 Å². The van der Waals surface area contributed by atoms with E-state index in [1.54, 1.807) is 18.5 Å². The fourth-order valence-electron chi connectivity index (χ4n) is 3.30. The van der Waals surface area contributed by atoms with Crippen molar-refractivity contribution in [3.8, 4) is 0 Å². The average molecular weight is 363 g/mol. The molecule has 1 saturated heterocycles. The summed E-state index contributed by atoms with van der Waals surface area (Å²) >= 11 is 0. The van der Waals surface area contributed by atoms with Gasteiger partial charge in [-0.2, -0.15) is 13.2 Å². The van der Waals surface area contributed by atoms with Gasteiger partial charge in [-0.1, -0.05) is 24.3 Å². The van der Waals surface area contributed by atoms with E-state index in [4.69, 9.17) is 0 Å². The number of amides is 1. The van der Waals surface area contributed by atoms with Crippen LogP contribution in [0.4, 0.5) is 13.2 Å². The second-order valence-electron chi connectivity index (χ2n) is 6.30. The van der Waals surface area contributed by atoms with Crippen LogP contribution in [0.3, 0.4) is 0 Å². The number of nitrogens with one attached hydrogen (secondary N) is 1. The molecule has 0 radical (unpaired) electrons. The topological polar surface area (TPSA) is 45.2 Å². The Hall–Kier alpha value is -2.41. The third kappa shape index (κ3) is 4.22. The molecule has 1 aromatic carbocycles. The summed E-state index contributed by atoms with van der Waals surface area (Å²) in [6.07, 6.45) is 0.815. The van der Waals surface area contributed by atoms with Gasteiger partial charge in [0.25, 0.3) is 0 Å². The number of nitrogens with zero attached hydrogens (tertiary/aromatic N) is 2. The van der Waals surface area contributed by atoms with Crippen LogP contribution in [0.2, 0.25) is 0 Å². The summed E-state index contributed by atoms with van der Waals surface area (Å²) in [5.74, 6) is -0.308. The largest absolute Gasteiger partial charge is 0.416 e. The van der Waals surface area contributed by atoms with E-state index in [2.05, 4.69) is 10.3 Å². The summed E-state index contributed by atoms with van der Waals surface area (Å²) in [6, 6.07) is 8.33. The number of likely N-dealkylation sites (tertiary alicyclic amines) is 1. The molecule has 26 heavy (non-hydrogen) atoms. The average Bonchev–Trinajstić information content (AvgIpc) is 3.15. The third-order valence-electron chi connectivity index (χ3n) is 4.53. The van der Waals surface area contributed by atoms with Crippen LogP contribution in [0, 0.1) is 0 Å². The number of carbonyl (C=O) groups is 1. The van der Waals surface area contributed by atoms with Crippen LogP contribution < -0.4 is 5.32 Å². The molecule has 0 saturated carbocycles. The molecule has 2 heterocycles. The first-order valence-electron chi connectivity index (χ1n) is 8.53. The van der Waals surface area contributed by atoms with Gasteiger partial charge >= 0.3 is 6.18 Å². The van der Waals surface area contributed by atoms with Crippen molar-refractivity contribution in [3.63, 3.8) is 0 Å². The van der Waals surface area contributed by atoms with Crippen LogP contribution in [0.25, 0.3) is 0 Å². The molecule has 0 bridgehead atoms. The van der Waals surface area contributed by atoms with Gasteiger partial charge in [-0.15, -0.1) is 0 Å². The monoisotopic (exact) mass is 363 g/mol. The van der Waals surface area contributed by atoms with E-state index in [1.165, 1.54) is 18.2 Å². The molecule has 1 N–H and O–H groups in total. The minimum atomic E-state index is -4.45. The van der Waals surface area contributed by atoms with Crippen molar-refractivity contribution in [2.45, 2.75) is 31.6 Å². The SMILES string of the molecule is O=C(NCc1ccccc1C(F)(F)F)[C@H](c1cccnc1)N1CCCC1. The molecule has 2 aromatic rings. The molecule has 3 rings (SSSR count). The molecular formula is C19H20F3N3O. The maximum atomic E-state index is 13.1. The Bertz CT molecular complexity index is 743. The van der Waals surface area contributed by atoms with Gasteiger partial charge in [0, 0.05) is 18.9 Å². The highest BCUT2D eigenvalue weighted by Crippen LogP contribution is 2.32. The molecule has 1 aliphatic heterocycles. The van der Waals surface area contributed by atoms with Crippen LogP contribution in [-0.2, 0) is 17.5 Å². The van der Waals surface area contributed by atoms with Crippen molar-refractivity contribution in [1.29, 1.82) is 0 Å². The number of hydrogen-bond acceptors (Lipinski definition) is 3. The molecule has 1 aromatic heterocycles. The Morgan fingerprint density at radius 2 is 1.88 bits per heavy atom. The van der Waals surface area contributed by atoms with Crippen LogP contribution in [0.1, 0.15) is 35.6 Å². The molecular weight excluding hydrogens is 343 g/mol. The molecule has 1 fully saturated rings. The van der Waals surface area contributed by atoms with Gasteiger partial charge in [-0.25, -0.2) is 0 Å². The number of halogens is 3. The van der Waals surface area contributed by atoms with Crippen molar-refractivity contribution in [2.24, 2.45) is 0 Å². The Labute approximate surface area is 150 Å². The van der Waals surface area contributed by atoms with E-state index in [1.807, 2.05) is 11.0 Å². The highest BCUT2D eigenvalue weighted by molar-refractivity contribution is 5.83. The fraction of sp³-hybridized carbons (Fsp3) is 0.368. The Kier molecular flexibility index (Phi) is 5.56. The zero-order chi connectivity index (χ0) is 18.6. The first kappa shape index (κ1) is 18.4. The lowest BCUT2D eigenvalue weighted by molar-refractivity contribution is -0.138. The van der Waals surface area contributed by atoms with Gasteiger partial charge in [-0.3, -0.25) is 14.7 Å².